The van der Waals surface area contributed by atoms with Crippen LogP contribution in [0.5, 0.6) is 0 Å². The van der Waals surface area contributed by atoms with Crippen molar-refractivity contribution in [3.63, 3.8) is 0 Å². The second kappa shape index (κ2) is 6.18. The number of carbonyl (C=O) groups is 2. The standard InChI is InChI=1S/C12H22FNO5/c1-11(2,3)19-10(18)14-7(6-12(4,5)13)8(15)9(16)17/h7-8,15H,6H2,1-5H3,(H,14,18)(H,16,17)/t7-,8?/m0/s1. The van der Waals surface area contributed by atoms with Crippen molar-refractivity contribution in [2.45, 2.75) is 64.5 Å². The molecule has 6 nitrogen and oxygen atoms in total. The normalized spacial score (nSPS) is 15.5. The van der Waals surface area contributed by atoms with E-state index in [1.54, 1.807) is 20.8 Å². The number of carboxylic acids is 1. The molecule has 1 amide bonds. The predicted octanol–water partition coefficient (Wildman–Crippen LogP) is 1.46. The van der Waals surface area contributed by atoms with Gasteiger partial charge in [0.05, 0.1) is 6.04 Å². The fourth-order valence-electron chi connectivity index (χ4n) is 1.40. The van der Waals surface area contributed by atoms with Gasteiger partial charge in [0.1, 0.15) is 11.3 Å². The van der Waals surface area contributed by atoms with Crippen LogP contribution in [0.25, 0.3) is 0 Å². The zero-order valence-electron chi connectivity index (χ0n) is 11.9. The van der Waals surface area contributed by atoms with Crippen LogP contribution in [0.1, 0.15) is 41.0 Å². The Labute approximate surface area is 111 Å². The van der Waals surface area contributed by atoms with Gasteiger partial charge in [0.15, 0.2) is 6.10 Å². The summed E-state index contributed by atoms with van der Waals surface area (Å²) in [6, 6.07) is -1.27. The molecule has 3 N–H and O–H groups in total. The van der Waals surface area contributed by atoms with Gasteiger partial charge in [0.2, 0.25) is 0 Å². The number of rotatable bonds is 5. The number of aliphatic carboxylic acids is 1. The molecule has 0 rings (SSSR count). The Morgan fingerprint density at radius 3 is 2.05 bits per heavy atom. The SMILES string of the molecule is CC(C)(F)C[C@H](NC(=O)OC(C)(C)C)C(O)C(=O)O. The highest BCUT2D eigenvalue weighted by atomic mass is 19.1. The Bertz CT molecular complexity index is 332. The molecule has 0 bridgehead atoms. The molecule has 0 aromatic heterocycles. The molecule has 112 valence electrons. The molecule has 2 atom stereocenters. The summed E-state index contributed by atoms with van der Waals surface area (Å²) in [5.41, 5.74) is -2.51. The zero-order valence-corrected chi connectivity index (χ0v) is 11.9. The molecule has 0 radical (unpaired) electrons. The van der Waals surface area contributed by atoms with Gasteiger partial charge in [-0.1, -0.05) is 0 Å². The minimum Gasteiger partial charge on any atom is -0.479 e. The molecular weight excluding hydrogens is 257 g/mol. The minimum atomic E-state index is -1.90. The third-order valence-electron chi connectivity index (χ3n) is 2.04. The average Bonchev–Trinajstić information content (AvgIpc) is 2.09. The van der Waals surface area contributed by atoms with Gasteiger partial charge in [-0.05, 0) is 34.6 Å². The van der Waals surface area contributed by atoms with Crippen LogP contribution in [-0.4, -0.2) is 45.7 Å². The maximum Gasteiger partial charge on any atom is 0.407 e. The maximum atomic E-state index is 13.6. The van der Waals surface area contributed by atoms with E-state index in [1.807, 2.05) is 0 Å². The van der Waals surface area contributed by atoms with Gasteiger partial charge in [-0.15, -0.1) is 0 Å². The number of aliphatic hydroxyl groups is 1. The van der Waals surface area contributed by atoms with E-state index >= 15 is 0 Å². The molecule has 0 spiro atoms. The summed E-state index contributed by atoms with van der Waals surface area (Å²) < 4.78 is 18.5. The van der Waals surface area contributed by atoms with Gasteiger partial charge < -0.3 is 20.3 Å². The lowest BCUT2D eigenvalue weighted by Gasteiger charge is -2.27. The summed E-state index contributed by atoms with van der Waals surface area (Å²) in [7, 11) is 0. The summed E-state index contributed by atoms with van der Waals surface area (Å²) in [4.78, 5) is 22.3. The number of nitrogens with one attached hydrogen (secondary N) is 1. The van der Waals surface area contributed by atoms with Crippen LogP contribution < -0.4 is 5.32 Å². The van der Waals surface area contributed by atoms with E-state index in [0.717, 1.165) is 0 Å². The Kier molecular flexibility index (Phi) is 5.74. The molecule has 19 heavy (non-hydrogen) atoms. The number of ether oxygens (including phenoxy) is 1. The largest absolute Gasteiger partial charge is 0.479 e. The first-order valence-electron chi connectivity index (χ1n) is 5.91. The van der Waals surface area contributed by atoms with Crippen LogP contribution in [0.4, 0.5) is 9.18 Å². The van der Waals surface area contributed by atoms with Gasteiger partial charge in [-0.25, -0.2) is 14.0 Å². The van der Waals surface area contributed by atoms with E-state index in [1.165, 1.54) is 13.8 Å². The quantitative estimate of drug-likeness (QED) is 0.708. The third-order valence-corrected chi connectivity index (χ3v) is 2.04. The van der Waals surface area contributed by atoms with Crippen LogP contribution in [-0.2, 0) is 9.53 Å². The first-order chi connectivity index (χ1) is 8.32. The van der Waals surface area contributed by atoms with Crippen molar-refractivity contribution in [2.75, 3.05) is 0 Å². The first-order valence-corrected chi connectivity index (χ1v) is 5.91. The average molecular weight is 279 g/mol. The van der Waals surface area contributed by atoms with Gasteiger partial charge in [0, 0.05) is 6.42 Å². The van der Waals surface area contributed by atoms with E-state index in [-0.39, 0.29) is 6.42 Å². The number of hydrogen-bond acceptors (Lipinski definition) is 4. The highest BCUT2D eigenvalue weighted by molar-refractivity contribution is 5.75. The molecule has 0 saturated carbocycles. The maximum absolute atomic E-state index is 13.6. The number of alkyl carbamates (subject to hydrolysis) is 1. The second-order valence-corrected chi connectivity index (χ2v) is 5.96. The van der Waals surface area contributed by atoms with Crippen molar-refractivity contribution in [3.8, 4) is 0 Å². The van der Waals surface area contributed by atoms with E-state index in [9.17, 15) is 19.1 Å². The number of carboxylic acid groups (broad SMARTS) is 1. The Balaban J connectivity index is 4.77. The van der Waals surface area contributed by atoms with Crippen LogP contribution in [0.2, 0.25) is 0 Å². The highest BCUT2D eigenvalue weighted by Gasteiger charge is 2.34. The van der Waals surface area contributed by atoms with Crippen molar-refractivity contribution >= 4 is 12.1 Å². The fraction of sp³-hybridized carbons (Fsp3) is 0.833. The molecule has 1 unspecified atom stereocenters. The summed E-state index contributed by atoms with van der Waals surface area (Å²) in [5.74, 6) is -1.54. The first kappa shape index (κ1) is 17.6. The highest BCUT2D eigenvalue weighted by Crippen LogP contribution is 2.19. The molecule has 0 saturated heterocycles. The molecule has 0 aliphatic rings. The van der Waals surface area contributed by atoms with Crippen molar-refractivity contribution in [1.29, 1.82) is 0 Å². The van der Waals surface area contributed by atoms with Gasteiger partial charge in [-0.3, -0.25) is 0 Å². The zero-order chi connectivity index (χ0) is 15.4. The van der Waals surface area contributed by atoms with E-state index in [4.69, 9.17) is 9.84 Å². The minimum absolute atomic E-state index is 0.348. The number of amides is 1. The van der Waals surface area contributed by atoms with Crippen molar-refractivity contribution in [3.05, 3.63) is 0 Å². The molecule has 0 heterocycles. The van der Waals surface area contributed by atoms with Crippen LogP contribution in [0.3, 0.4) is 0 Å². The predicted molar refractivity (Wildman–Crippen MR) is 66.6 cm³/mol. The molecule has 0 aromatic rings. The Morgan fingerprint density at radius 1 is 1.26 bits per heavy atom. The van der Waals surface area contributed by atoms with Gasteiger partial charge in [0.25, 0.3) is 0 Å². The molecule has 0 fully saturated rings. The van der Waals surface area contributed by atoms with E-state index in [2.05, 4.69) is 5.32 Å². The molecular formula is C12H22FNO5. The molecule has 0 aromatic carbocycles. The number of hydrogen-bond donors (Lipinski definition) is 3. The van der Waals surface area contributed by atoms with Crippen LogP contribution >= 0.6 is 0 Å². The lowest BCUT2D eigenvalue weighted by Crippen LogP contribution is -2.50. The second-order valence-electron chi connectivity index (χ2n) is 5.96. The lowest BCUT2D eigenvalue weighted by molar-refractivity contribution is -0.148. The third kappa shape index (κ3) is 8.36. The summed E-state index contributed by atoms with van der Waals surface area (Å²) in [6.45, 7) is 7.35. The number of alkyl halides is 1. The monoisotopic (exact) mass is 279 g/mol. The summed E-state index contributed by atoms with van der Waals surface area (Å²) >= 11 is 0. The van der Waals surface area contributed by atoms with Crippen molar-refractivity contribution < 1.29 is 28.9 Å². The van der Waals surface area contributed by atoms with Crippen molar-refractivity contribution in [2.24, 2.45) is 0 Å². The summed E-state index contributed by atoms with van der Waals surface area (Å²) in [6.07, 6.45) is -3.15. The number of aliphatic hydroxyl groups excluding tert-OH is 1. The molecule has 0 aliphatic carbocycles. The number of carbonyl (C=O) groups excluding carboxylic acids is 1. The molecule has 0 aliphatic heterocycles. The topological polar surface area (TPSA) is 95.9 Å². The van der Waals surface area contributed by atoms with Crippen LogP contribution in [0.15, 0.2) is 0 Å². The van der Waals surface area contributed by atoms with E-state index < -0.39 is 35.5 Å². The van der Waals surface area contributed by atoms with Gasteiger partial charge in [-0.2, -0.15) is 0 Å². The Hall–Kier alpha value is -1.37. The smallest absolute Gasteiger partial charge is 0.407 e. The van der Waals surface area contributed by atoms with Gasteiger partial charge >= 0.3 is 12.1 Å². The van der Waals surface area contributed by atoms with Crippen LogP contribution in [0, 0.1) is 0 Å². The van der Waals surface area contributed by atoms with Crippen molar-refractivity contribution in [1.82, 2.24) is 5.32 Å². The Morgan fingerprint density at radius 2 is 1.74 bits per heavy atom. The van der Waals surface area contributed by atoms with E-state index in [0.29, 0.717) is 0 Å². The fourth-order valence-corrected chi connectivity index (χ4v) is 1.40. The molecule has 7 heteroatoms. The summed E-state index contributed by atoms with van der Waals surface area (Å²) in [5, 5.41) is 20.4. The lowest BCUT2D eigenvalue weighted by atomic mass is 9.97. The number of halogens is 1.